The summed E-state index contributed by atoms with van der Waals surface area (Å²) in [5, 5.41) is 4.11. The van der Waals surface area contributed by atoms with Crippen LogP contribution >= 0.6 is 7.92 Å². The van der Waals surface area contributed by atoms with E-state index in [1.165, 1.54) is 21.5 Å². The summed E-state index contributed by atoms with van der Waals surface area (Å²) < 4.78 is 6.03. The number of nitrogens with zero attached hydrogens (tertiary/aromatic N) is 1. The topological polar surface area (TPSA) is 21.6 Å². The fourth-order valence-electron chi connectivity index (χ4n) is 3.77. The molecule has 2 nitrogen and oxygen atoms in total. The van der Waals surface area contributed by atoms with Crippen LogP contribution in [0.25, 0.3) is 0 Å². The van der Waals surface area contributed by atoms with Gasteiger partial charge in [0.15, 0.2) is 0 Å². The maximum atomic E-state index is 6.03. The molecule has 32 heavy (non-hydrogen) atoms. The van der Waals surface area contributed by atoms with Gasteiger partial charge in [-0.25, -0.2) is 4.99 Å². The molecule has 1 aliphatic heterocycles. The van der Waals surface area contributed by atoms with E-state index in [2.05, 4.69) is 111 Å². The Morgan fingerprint density at radius 2 is 1.47 bits per heavy atom. The van der Waals surface area contributed by atoms with E-state index in [0.717, 1.165) is 18.7 Å². The van der Waals surface area contributed by atoms with Crippen molar-refractivity contribution in [3.8, 4) is 0 Å². The van der Waals surface area contributed by atoms with E-state index in [0.29, 0.717) is 12.5 Å². The molecule has 2 aromatic rings. The van der Waals surface area contributed by atoms with E-state index in [4.69, 9.17) is 9.73 Å². The SMILES string of the molecule is C1=CCC=C1.CC(C)[C@@H]1COC(C2=C(P(c3ccccc3)c3ccccc3)C=CC2)=N1.[Fe]. The van der Waals surface area contributed by atoms with Crippen LogP contribution < -0.4 is 10.6 Å². The Balaban J connectivity index is 0.000000427. The molecule has 166 valence electrons. The smallest absolute Gasteiger partial charge is 0.213 e. The number of allylic oxidation sites excluding steroid dienone is 7. The summed E-state index contributed by atoms with van der Waals surface area (Å²) >= 11 is 0. The number of rotatable bonds is 5. The van der Waals surface area contributed by atoms with Crippen molar-refractivity contribution in [3.63, 3.8) is 0 Å². The van der Waals surface area contributed by atoms with Gasteiger partial charge in [-0.05, 0) is 42.6 Å². The molecule has 1 heterocycles. The Hall–Kier alpha value is -2.18. The van der Waals surface area contributed by atoms with Crippen LogP contribution in [0.1, 0.15) is 26.7 Å². The first kappa shape index (κ1) is 24.5. The predicted molar refractivity (Wildman–Crippen MR) is 135 cm³/mol. The van der Waals surface area contributed by atoms with Crippen molar-refractivity contribution in [1.82, 2.24) is 0 Å². The molecule has 0 aromatic heterocycles. The summed E-state index contributed by atoms with van der Waals surface area (Å²) in [6, 6.07) is 21.9. The van der Waals surface area contributed by atoms with E-state index >= 15 is 0 Å². The maximum Gasteiger partial charge on any atom is 0.213 e. The fraction of sp³-hybridized carbons (Fsp3) is 0.250. The minimum Gasteiger partial charge on any atom is -0.475 e. The molecule has 0 amide bonds. The van der Waals surface area contributed by atoms with Crippen LogP contribution in [0.5, 0.6) is 0 Å². The zero-order chi connectivity index (χ0) is 21.5. The minimum absolute atomic E-state index is 0. The van der Waals surface area contributed by atoms with Crippen molar-refractivity contribution >= 4 is 24.4 Å². The predicted octanol–water partition coefficient (Wildman–Crippen LogP) is 6.29. The summed E-state index contributed by atoms with van der Waals surface area (Å²) in [6.45, 7) is 5.13. The maximum absolute atomic E-state index is 6.03. The zero-order valence-corrected chi connectivity index (χ0v) is 20.7. The normalized spacial score (nSPS) is 18.5. The molecule has 3 aliphatic rings. The van der Waals surface area contributed by atoms with E-state index in [9.17, 15) is 0 Å². The van der Waals surface area contributed by atoms with Crippen LogP contribution in [0.15, 0.2) is 113 Å². The summed E-state index contributed by atoms with van der Waals surface area (Å²) in [5.74, 6) is 1.37. The monoisotopic (exact) mass is 483 g/mol. The molecule has 0 saturated carbocycles. The summed E-state index contributed by atoms with van der Waals surface area (Å²) in [6.07, 6.45) is 15.0. The molecular weight excluding hydrogens is 453 g/mol. The first-order chi connectivity index (χ1) is 15.2. The number of benzene rings is 2. The van der Waals surface area contributed by atoms with Gasteiger partial charge in [0.2, 0.25) is 5.90 Å². The van der Waals surface area contributed by atoms with Crippen molar-refractivity contribution < 1.29 is 21.8 Å². The molecule has 0 fully saturated rings. The third kappa shape index (κ3) is 5.99. The van der Waals surface area contributed by atoms with Crippen LogP contribution in [0, 0.1) is 5.92 Å². The van der Waals surface area contributed by atoms with Crippen LogP contribution in [-0.2, 0) is 21.8 Å². The second kappa shape index (κ2) is 12.2. The number of ether oxygens (including phenoxy) is 1. The second-order valence-electron chi connectivity index (χ2n) is 8.13. The second-order valence-corrected chi connectivity index (χ2v) is 10.3. The van der Waals surface area contributed by atoms with Gasteiger partial charge in [0.1, 0.15) is 6.61 Å². The third-order valence-corrected chi connectivity index (χ3v) is 8.06. The summed E-state index contributed by atoms with van der Waals surface area (Å²) in [5.41, 5.74) is 1.27. The van der Waals surface area contributed by atoms with Crippen LogP contribution in [0.2, 0.25) is 0 Å². The molecule has 0 unspecified atom stereocenters. The largest absolute Gasteiger partial charge is 0.475 e. The molecule has 4 heteroatoms. The zero-order valence-electron chi connectivity index (χ0n) is 18.7. The molecule has 1 atom stereocenters. The van der Waals surface area contributed by atoms with E-state index in [1.54, 1.807) is 0 Å². The molecule has 0 spiro atoms. The van der Waals surface area contributed by atoms with Gasteiger partial charge in [0.25, 0.3) is 0 Å². The number of hydrogen-bond acceptors (Lipinski definition) is 2. The quantitative estimate of drug-likeness (QED) is 0.362. The Morgan fingerprint density at radius 1 is 0.875 bits per heavy atom. The average Bonchev–Trinajstić information content (AvgIpc) is 3.58. The van der Waals surface area contributed by atoms with Gasteiger partial charge in [-0.15, -0.1) is 0 Å². The van der Waals surface area contributed by atoms with Crippen molar-refractivity contribution in [2.75, 3.05) is 6.61 Å². The molecule has 0 saturated heterocycles. The van der Waals surface area contributed by atoms with E-state index < -0.39 is 7.92 Å². The molecule has 2 aliphatic carbocycles. The number of aliphatic imine (C=N–C) groups is 1. The van der Waals surface area contributed by atoms with Gasteiger partial charge in [-0.2, -0.15) is 0 Å². The fourth-order valence-corrected chi connectivity index (χ4v) is 6.28. The van der Waals surface area contributed by atoms with Gasteiger partial charge in [-0.3, -0.25) is 0 Å². The third-order valence-electron chi connectivity index (χ3n) is 5.53. The molecule has 2 aromatic carbocycles. The Kier molecular flexibility index (Phi) is 9.30. The first-order valence-corrected chi connectivity index (χ1v) is 12.4. The van der Waals surface area contributed by atoms with Crippen molar-refractivity contribution in [2.45, 2.75) is 32.7 Å². The Labute approximate surface area is 204 Å². The Bertz CT molecular complexity index is 972. The van der Waals surface area contributed by atoms with Gasteiger partial charge in [-0.1, -0.05) is 111 Å². The minimum atomic E-state index is -0.605. The standard InChI is InChI=1S/C23H24NOP.C5H6.Fe/c1-17(2)21-16-25-23(24-21)20-14-9-15-22(20)26(18-10-5-3-6-11-18)19-12-7-4-8-13-19;1-2-4-5-3-1;/h3-13,15,17,21H,14,16H2,1-2H3;1-4H,5H2;/t21-;;/m0../s1. The van der Waals surface area contributed by atoms with E-state index in [-0.39, 0.29) is 23.1 Å². The van der Waals surface area contributed by atoms with Gasteiger partial charge < -0.3 is 4.74 Å². The first-order valence-electron chi connectivity index (χ1n) is 11.1. The van der Waals surface area contributed by atoms with Crippen LogP contribution in [-0.4, -0.2) is 18.5 Å². The molecule has 0 radical (unpaired) electrons. The average molecular weight is 483 g/mol. The molecule has 5 rings (SSSR count). The van der Waals surface area contributed by atoms with Crippen molar-refractivity contribution in [1.29, 1.82) is 0 Å². The van der Waals surface area contributed by atoms with E-state index in [1.807, 2.05) is 0 Å². The van der Waals surface area contributed by atoms with Crippen LogP contribution in [0.3, 0.4) is 0 Å². The van der Waals surface area contributed by atoms with Gasteiger partial charge in [0.05, 0.1) is 6.04 Å². The Morgan fingerprint density at radius 3 is 1.94 bits per heavy atom. The van der Waals surface area contributed by atoms with Crippen LogP contribution in [0.4, 0.5) is 0 Å². The van der Waals surface area contributed by atoms with Gasteiger partial charge in [0, 0.05) is 22.6 Å². The molecule has 0 bridgehead atoms. The number of hydrogen-bond donors (Lipinski definition) is 0. The molecular formula is C28H30FeNOP. The summed E-state index contributed by atoms with van der Waals surface area (Å²) in [7, 11) is -0.605. The van der Waals surface area contributed by atoms with Crippen molar-refractivity contribution in [3.05, 3.63) is 108 Å². The van der Waals surface area contributed by atoms with Crippen molar-refractivity contribution in [2.24, 2.45) is 10.9 Å². The summed E-state index contributed by atoms with van der Waals surface area (Å²) in [4.78, 5) is 4.90. The van der Waals surface area contributed by atoms with Gasteiger partial charge >= 0.3 is 0 Å². The molecule has 0 N–H and O–H groups in total.